The van der Waals surface area contributed by atoms with Gasteiger partial charge in [0.15, 0.2) is 0 Å². The largest absolute Gasteiger partial charge is 0.450 e. The van der Waals surface area contributed by atoms with E-state index in [1.807, 2.05) is 0 Å². The van der Waals surface area contributed by atoms with Gasteiger partial charge >= 0.3 is 6.09 Å². The molecule has 0 aliphatic carbocycles. The molecule has 0 saturated carbocycles. The van der Waals surface area contributed by atoms with E-state index >= 15 is 0 Å². The summed E-state index contributed by atoms with van der Waals surface area (Å²) >= 11 is 0. The first kappa shape index (κ1) is 10.8. The number of ether oxygens (including phenoxy) is 1. The molecule has 5 heteroatoms. The van der Waals surface area contributed by atoms with E-state index in [1.165, 1.54) is 0 Å². The molecular formula is C9H16N2O3. The lowest BCUT2D eigenvalue weighted by Gasteiger charge is -2.14. The average Bonchev–Trinajstić information content (AvgIpc) is 2.33. The molecule has 14 heavy (non-hydrogen) atoms. The van der Waals surface area contributed by atoms with E-state index in [0.29, 0.717) is 19.6 Å². The molecule has 0 unspecified atom stereocenters. The second kappa shape index (κ2) is 5.47. The molecule has 1 saturated heterocycles. The second-order valence-corrected chi connectivity index (χ2v) is 3.20. The van der Waals surface area contributed by atoms with Crippen molar-refractivity contribution in [3.63, 3.8) is 0 Å². The van der Waals surface area contributed by atoms with Gasteiger partial charge in [0.25, 0.3) is 0 Å². The Bertz CT molecular complexity index is 218. The number of hydrogen-bond acceptors (Lipinski definition) is 3. The van der Waals surface area contributed by atoms with Crippen LogP contribution in [0.25, 0.3) is 0 Å². The maximum Gasteiger partial charge on any atom is 0.407 e. The standard InChI is InChI=1S/C9H16N2O3/c1-2-14-9(13)11-7-5-3-4-6-10-8(7)12/h7H,2-6H2,1H3,(H,10,12)(H,11,13)/t7-/m0/s1. The summed E-state index contributed by atoms with van der Waals surface area (Å²) in [6.07, 6.45) is 2.07. The van der Waals surface area contributed by atoms with Crippen molar-refractivity contribution in [3.8, 4) is 0 Å². The molecule has 1 atom stereocenters. The molecular weight excluding hydrogens is 184 g/mol. The monoisotopic (exact) mass is 200 g/mol. The van der Waals surface area contributed by atoms with Gasteiger partial charge in [-0.1, -0.05) is 0 Å². The normalized spacial score (nSPS) is 22.1. The van der Waals surface area contributed by atoms with Gasteiger partial charge in [-0.3, -0.25) is 4.79 Å². The molecule has 5 nitrogen and oxygen atoms in total. The lowest BCUT2D eigenvalue weighted by atomic mass is 10.1. The summed E-state index contributed by atoms with van der Waals surface area (Å²) in [5.74, 6) is -0.115. The van der Waals surface area contributed by atoms with Crippen LogP contribution in [-0.4, -0.2) is 31.2 Å². The number of amides is 2. The fourth-order valence-corrected chi connectivity index (χ4v) is 1.39. The van der Waals surface area contributed by atoms with Crippen LogP contribution in [0.2, 0.25) is 0 Å². The maximum atomic E-state index is 11.4. The SMILES string of the molecule is CCOC(=O)N[C@H]1CCCCNC1=O. The lowest BCUT2D eigenvalue weighted by Crippen LogP contribution is -2.45. The van der Waals surface area contributed by atoms with Crippen molar-refractivity contribution < 1.29 is 14.3 Å². The van der Waals surface area contributed by atoms with E-state index in [4.69, 9.17) is 4.74 Å². The minimum Gasteiger partial charge on any atom is -0.450 e. The van der Waals surface area contributed by atoms with E-state index in [2.05, 4.69) is 10.6 Å². The zero-order valence-corrected chi connectivity index (χ0v) is 8.34. The number of carbonyl (C=O) groups is 2. The Morgan fingerprint density at radius 2 is 2.43 bits per heavy atom. The average molecular weight is 200 g/mol. The van der Waals surface area contributed by atoms with Crippen LogP contribution in [0.1, 0.15) is 26.2 Å². The molecule has 0 bridgehead atoms. The van der Waals surface area contributed by atoms with Crippen molar-refractivity contribution in [1.29, 1.82) is 0 Å². The van der Waals surface area contributed by atoms with E-state index < -0.39 is 12.1 Å². The van der Waals surface area contributed by atoms with Gasteiger partial charge < -0.3 is 15.4 Å². The van der Waals surface area contributed by atoms with Crippen molar-refractivity contribution in [1.82, 2.24) is 10.6 Å². The van der Waals surface area contributed by atoms with Crippen LogP contribution in [0.5, 0.6) is 0 Å². The van der Waals surface area contributed by atoms with Crippen LogP contribution in [-0.2, 0) is 9.53 Å². The highest BCUT2D eigenvalue weighted by atomic mass is 16.5. The molecule has 1 aliphatic rings. The summed E-state index contributed by atoms with van der Waals surface area (Å²) in [6.45, 7) is 2.74. The van der Waals surface area contributed by atoms with Crippen molar-refractivity contribution in [2.45, 2.75) is 32.2 Å². The molecule has 2 amide bonds. The molecule has 1 fully saturated rings. The van der Waals surface area contributed by atoms with Gasteiger partial charge in [0.05, 0.1) is 6.61 Å². The third kappa shape index (κ3) is 3.24. The molecule has 0 aromatic heterocycles. The van der Waals surface area contributed by atoms with Crippen molar-refractivity contribution in [2.75, 3.05) is 13.2 Å². The second-order valence-electron chi connectivity index (χ2n) is 3.20. The fourth-order valence-electron chi connectivity index (χ4n) is 1.39. The van der Waals surface area contributed by atoms with Crippen LogP contribution in [0.4, 0.5) is 4.79 Å². The Labute approximate surface area is 83.2 Å². The first-order valence-corrected chi connectivity index (χ1v) is 4.95. The molecule has 1 heterocycles. The van der Waals surface area contributed by atoms with Crippen LogP contribution in [0.3, 0.4) is 0 Å². The minimum absolute atomic E-state index is 0.115. The first-order valence-electron chi connectivity index (χ1n) is 4.95. The van der Waals surface area contributed by atoms with Gasteiger partial charge in [0, 0.05) is 6.54 Å². The Morgan fingerprint density at radius 1 is 1.64 bits per heavy atom. The van der Waals surface area contributed by atoms with Gasteiger partial charge in [-0.15, -0.1) is 0 Å². The Morgan fingerprint density at radius 3 is 3.14 bits per heavy atom. The number of hydrogen-bond donors (Lipinski definition) is 2. The van der Waals surface area contributed by atoms with E-state index in [1.54, 1.807) is 6.92 Å². The molecule has 80 valence electrons. The smallest absolute Gasteiger partial charge is 0.407 e. The number of rotatable bonds is 2. The molecule has 0 radical (unpaired) electrons. The number of alkyl carbamates (subject to hydrolysis) is 1. The van der Waals surface area contributed by atoms with Gasteiger partial charge in [0.1, 0.15) is 6.04 Å². The quantitative estimate of drug-likeness (QED) is 0.678. The van der Waals surface area contributed by atoms with E-state index in [0.717, 1.165) is 12.8 Å². The predicted octanol–water partition coefficient (Wildman–Crippen LogP) is 0.401. The van der Waals surface area contributed by atoms with Crippen molar-refractivity contribution in [3.05, 3.63) is 0 Å². The van der Waals surface area contributed by atoms with Crippen LogP contribution >= 0.6 is 0 Å². The summed E-state index contributed by atoms with van der Waals surface area (Å²) in [6, 6.07) is -0.434. The maximum absolute atomic E-state index is 11.4. The zero-order chi connectivity index (χ0) is 10.4. The third-order valence-electron chi connectivity index (χ3n) is 2.10. The zero-order valence-electron chi connectivity index (χ0n) is 8.34. The van der Waals surface area contributed by atoms with Gasteiger partial charge in [-0.25, -0.2) is 4.79 Å². The van der Waals surface area contributed by atoms with Crippen molar-refractivity contribution in [2.24, 2.45) is 0 Å². The molecule has 2 N–H and O–H groups in total. The first-order chi connectivity index (χ1) is 6.74. The van der Waals surface area contributed by atoms with Gasteiger partial charge in [-0.05, 0) is 26.2 Å². The van der Waals surface area contributed by atoms with Crippen LogP contribution in [0, 0.1) is 0 Å². The molecule has 1 aliphatic heterocycles. The minimum atomic E-state index is -0.519. The summed E-state index contributed by atoms with van der Waals surface area (Å²) in [5.41, 5.74) is 0. The summed E-state index contributed by atoms with van der Waals surface area (Å²) < 4.78 is 4.70. The van der Waals surface area contributed by atoms with Crippen LogP contribution in [0.15, 0.2) is 0 Å². The van der Waals surface area contributed by atoms with Crippen molar-refractivity contribution >= 4 is 12.0 Å². The molecule has 0 aromatic rings. The molecule has 1 rings (SSSR count). The third-order valence-corrected chi connectivity index (χ3v) is 2.10. The lowest BCUT2D eigenvalue weighted by molar-refractivity contribution is -0.122. The van der Waals surface area contributed by atoms with Crippen LogP contribution < -0.4 is 10.6 Å². The molecule has 0 aromatic carbocycles. The summed E-state index contributed by atoms with van der Waals surface area (Å²) in [7, 11) is 0. The van der Waals surface area contributed by atoms with E-state index in [-0.39, 0.29) is 5.91 Å². The Balaban J connectivity index is 2.40. The predicted molar refractivity (Wildman–Crippen MR) is 50.8 cm³/mol. The van der Waals surface area contributed by atoms with Gasteiger partial charge in [0.2, 0.25) is 5.91 Å². The Hall–Kier alpha value is -1.26. The Kier molecular flexibility index (Phi) is 4.22. The number of nitrogens with one attached hydrogen (secondary N) is 2. The molecule has 0 spiro atoms. The highest BCUT2D eigenvalue weighted by Crippen LogP contribution is 2.05. The topological polar surface area (TPSA) is 67.4 Å². The summed E-state index contributed by atoms with van der Waals surface area (Å²) in [5, 5.41) is 5.27. The summed E-state index contributed by atoms with van der Waals surface area (Å²) in [4.78, 5) is 22.4. The number of carbonyl (C=O) groups excluding carboxylic acids is 2. The highest BCUT2D eigenvalue weighted by molar-refractivity contribution is 5.85. The van der Waals surface area contributed by atoms with Gasteiger partial charge in [-0.2, -0.15) is 0 Å². The fraction of sp³-hybridized carbons (Fsp3) is 0.778. The highest BCUT2D eigenvalue weighted by Gasteiger charge is 2.22. The van der Waals surface area contributed by atoms with E-state index in [9.17, 15) is 9.59 Å².